The van der Waals surface area contributed by atoms with Gasteiger partial charge in [-0.25, -0.2) is 9.97 Å². The van der Waals surface area contributed by atoms with Crippen molar-refractivity contribution in [3.05, 3.63) is 68.7 Å². The van der Waals surface area contributed by atoms with Crippen molar-refractivity contribution in [3.8, 4) is 11.4 Å². The minimum Gasteiger partial charge on any atom is -0.370 e. The molecule has 0 atom stereocenters. The minimum absolute atomic E-state index is 0.0770. The van der Waals surface area contributed by atoms with Crippen LogP contribution in [0.15, 0.2) is 51.9 Å². The number of halogens is 1. The lowest BCUT2D eigenvalue weighted by molar-refractivity contribution is -0.115. The third kappa shape index (κ3) is 5.26. The minimum atomic E-state index is -0.198. The fourth-order valence-corrected chi connectivity index (χ4v) is 2.96. The number of rotatable bonds is 6. The normalized spacial score (nSPS) is 10.5. The molecule has 0 saturated carbocycles. The van der Waals surface area contributed by atoms with Crippen molar-refractivity contribution < 1.29 is 4.79 Å². The molecule has 2 heterocycles. The predicted octanol–water partition coefficient (Wildman–Crippen LogP) is 3.65. The molecule has 3 rings (SSSR count). The van der Waals surface area contributed by atoms with E-state index in [4.69, 9.17) is 0 Å². The van der Waals surface area contributed by atoms with Crippen molar-refractivity contribution in [1.29, 1.82) is 0 Å². The summed E-state index contributed by atoms with van der Waals surface area (Å²) in [5, 5.41) is 6.02. The molecule has 144 valence electrons. The number of aromatic amines is 1. The second kappa shape index (κ2) is 8.79. The Morgan fingerprint density at radius 2 is 2.00 bits per heavy atom. The Morgan fingerprint density at radius 3 is 2.71 bits per heavy atom. The third-order valence-corrected chi connectivity index (χ3v) is 4.53. The van der Waals surface area contributed by atoms with E-state index in [0.29, 0.717) is 35.9 Å². The van der Waals surface area contributed by atoms with Gasteiger partial charge in [-0.1, -0.05) is 22.0 Å². The first-order chi connectivity index (χ1) is 13.4. The monoisotopic (exact) mass is 441 g/mol. The van der Waals surface area contributed by atoms with Gasteiger partial charge in [-0.05, 0) is 43.7 Å². The molecule has 8 heteroatoms. The fraction of sp³-hybridized carbons (Fsp3) is 0.200. The Labute approximate surface area is 170 Å². The molecular weight excluding hydrogens is 422 g/mol. The van der Waals surface area contributed by atoms with Gasteiger partial charge in [-0.2, -0.15) is 0 Å². The van der Waals surface area contributed by atoms with Crippen molar-refractivity contribution in [1.82, 2.24) is 15.0 Å². The van der Waals surface area contributed by atoms with Gasteiger partial charge in [0.15, 0.2) is 0 Å². The Hall–Kier alpha value is -3.00. The lowest BCUT2D eigenvalue weighted by Gasteiger charge is -2.10. The second-order valence-electron chi connectivity index (χ2n) is 6.35. The maximum absolute atomic E-state index is 12.1. The number of aromatic nitrogens is 3. The molecule has 1 aromatic carbocycles. The third-order valence-electron chi connectivity index (χ3n) is 4.04. The van der Waals surface area contributed by atoms with E-state index in [-0.39, 0.29) is 11.5 Å². The van der Waals surface area contributed by atoms with Crippen LogP contribution >= 0.6 is 15.9 Å². The highest BCUT2D eigenvalue weighted by molar-refractivity contribution is 9.10. The van der Waals surface area contributed by atoms with Crippen LogP contribution in [0.4, 0.5) is 11.5 Å². The molecule has 2 aromatic heterocycles. The standard InChI is InChI=1S/C20H20BrN5O2/c1-12-3-5-15(21)10-16(12)25-18(27)7-8-22-17-6-4-14(11-23-17)20-24-13(2)9-19(28)26-20/h3-6,9-11H,7-8H2,1-2H3,(H,22,23)(H,25,27)(H,24,26,28). The molecule has 3 N–H and O–H groups in total. The molecule has 0 spiro atoms. The van der Waals surface area contributed by atoms with E-state index in [2.05, 4.69) is 41.5 Å². The molecule has 0 aliphatic rings. The Bertz CT molecular complexity index is 1050. The zero-order valence-corrected chi connectivity index (χ0v) is 17.1. The summed E-state index contributed by atoms with van der Waals surface area (Å²) in [4.78, 5) is 35.0. The van der Waals surface area contributed by atoms with E-state index in [1.165, 1.54) is 6.07 Å². The van der Waals surface area contributed by atoms with Gasteiger partial charge >= 0.3 is 0 Å². The number of aryl methyl sites for hydroxylation is 2. The summed E-state index contributed by atoms with van der Waals surface area (Å²) >= 11 is 3.40. The van der Waals surface area contributed by atoms with Gasteiger partial charge in [0.05, 0.1) is 0 Å². The number of hydrogen-bond acceptors (Lipinski definition) is 5. The molecule has 0 aliphatic heterocycles. The van der Waals surface area contributed by atoms with E-state index >= 15 is 0 Å². The van der Waals surface area contributed by atoms with Gasteiger partial charge in [0, 0.05) is 46.6 Å². The summed E-state index contributed by atoms with van der Waals surface area (Å²) in [6.07, 6.45) is 1.94. The number of carbonyl (C=O) groups is 1. The molecule has 0 radical (unpaired) electrons. The first kappa shape index (κ1) is 19.8. The Morgan fingerprint density at radius 1 is 1.18 bits per heavy atom. The molecule has 0 fully saturated rings. The summed E-state index contributed by atoms with van der Waals surface area (Å²) in [5.41, 5.74) is 2.96. The number of nitrogens with zero attached hydrogens (tertiary/aromatic N) is 2. The number of amides is 1. The fourth-order valence-electron chi connectivity index (χ4n) is 2.60. The van der Waals surface area contributed by atoms with Crippen molar-refractivity contribution in [2.24, 2.45) is 0 Å². The largest absolute Gasteiger partial charge is 0.370 e. The maximum Gasteiger partial charge on any atom is 0.251 e. The molecular formula is C20H20BrN5O2. The quantitative estimate of drug-likeness (QED) is 0.541. The van der Waals surface area contributed by atoms with Gasteiger partial charge in [-0.3, -0.25) is 9.59 Å². The van der Waals surface area contributed by atoms with E-state index in [1.807, 2.05) is 31.2 Å². The summed E-state index contributed by atoms with van der Waals surface area (Å²) in [5.74, 6) is 1.05. The summed E-state index contributed by atoms with van der Waals surface area (Å²) in [6, 6.07) is 10.8. The zero-order chi connectivity index (χ0) is 20.1. The van der Waals surface area contributed by atoms with Crippen LogP contribution in [-0.4, -0.2) is 27.4 Å². The van der Waals surface area contributed by atoms with Gasteiger partial charge in [0.25, 0.3) is 5.56 Å². The predicted molar refractivity (Wildman–Crippen MR) is 113 cm³/mol. The van der Waals surface area contributed by atoms with Gasteiger partial charge < -0.3 is 15.6 Å². The Balaban J connectivity index is 1.54. The summed E-state index contributed by atoms with van der Waals surface area (Å²) in [7, 11) is 0. The van der Waals surface area contributed by atoms with E-state index in [0.717, 1.165) is 15.7 Å². The average Bonchev–Trinajstić information content (AvgIpc) is 2.64. The number of pyridine rings is 1. The van der Waals surface area contributed by atoms with Gasteiger partial charge in [0.1, 0.15) is 11.6 Å². The highest BCUT2D eigenvalue weighted by Crippen LogP contribution is 2.20. The zero-order valence-electron chi connectivity index (χ0n) is 15.5. The molecule has 0 aliphatic carbocycles. The number of nitrogens with one attached hydrogen (secondary N) is 3. The van der Waals surface area contributed by atoms with Crippen LogP contribution in [0.3, 0.4) is 0 Å². The van der Waals surface area contributed by atoms with Crippen molar-refractivity contribution in [2.45, 2.75) is 20.3 Å². The number of H-pyrrole nitrogens is 1. The summed E-state index contributed by atoms with van der Waals surface area (Å²) < 4.78 is 0.917. The van der Waals surface area contributed by atoms with Crippen LogP contribution in [0.5, 0.6) is 0 Å². The molecule has 28 heavy (non-hydrogen) atoms. The molecule has 1 amide bonds. The van der Waals surface area contributed by atoms with E-state index in [9.17, 15) is 9.59 Å². The van der Waals surface area contributed by atoms with Crippen LogP contribution in [0.1, 0.15) is 17.7 Å². The van der Waals surface area contributed by atoms with E-state index in [1.54, 1.807) is 19.2 Å². The molecule has 0 bridgehead atoms. The molecule has 0 unspecified atom stereocenters. The highest BCUT2D eigenvalue weighted by atomic mass is 79.9. The molecule has 0 saturated heterocycles. The van der Waals surface area contributed by atoms with Crippen LogP contribution < -0.4 is 16.2 Å². The maximum atomic E-state index is 12.1. The lowest BCUT2D eigenvalue weighted by Crippen LogP contribution is -2.17. The van der Waals surface area contributed by atoms with Crippen molar-refractivity contribution >= 4 is 33.3 Å². The SMILES string of the molecule is Cc1cc(=O)[nH]c(-c2ccc(NCCC(=O)Nc3cc(Br)ccc3C)nc2)n1. The van der Waals surface area contributed by atoms with Crippen molar-refractivity contribution in [3.63, 3.8) is 0 Å². The van der Waals surface area contributed by atoms with Crippen LogP contribution in [0, 0.1) is 13.8 Å². The van der Waals surface area contributed by atoms with Crippen LogP contribution in [-0.2, 0) is 4.79 Å². The number of anilines is 2. The second-order valence-corrected chi connectivity index (χ2v) is 7.27. The van der Waals surface area contributed by atoms with Crippen LogP contribution in [0.2, 0.25) is 0 Å². The smallest absolute Gasteiger partial charge is 0.251 e. The van der Waals surface area contributed by atoms with Gasteiger partial charge in [-0.15, -0.1) is 0 Å². The topological polar surface area (TPSA) is 99.8 Å². The summed E-state index contributed by atoms with van der Waals surface area (Å²) in [6.45, 7) is 4.16. The average molecular weight is 442 g/mol. The van der Waals surface area contributed by atoms with Crippen molar-refractivity contribution in [2.75, 3.05) is 17.2 Å². The van der Waals surface area contributed by atoms with Crippen LogP contribution in [0.25, 0.3) is 11.4 Å². The highest BCUT2D eigenvalue weighted by Gasteiger charge is 2.06. The first-order valence-electron chi connectivity index (χ1n) is 8.75. The van der Waals surface area contributed by atoms with Gasteiger partial charge in [0.2, 0.25) is 5.91 Å². The van der Waals surface area contributed by atoms with E-state index < -0.39 is 0 Å². The lowest BCUT2D eigenvalue weighted by atomic mass is 10.2. The molecule has 3 aromatic rings. The first-order valence-corrected chi connectivity index (χ1v) is 9.54. The Kier molecular flexibility index (Phi) is 6.20. The number of benzene rings is 1. The number of hydrogen-bond donors (Lipinski definition) is 3. The number of carbonyl (C=O) groups excluding carboxylic acids is 1. The molecule has 7 nitrogen and oxygen atoms in total.